The lowest BCUT2D eigenvalue weighted by Crippen LogP contribution is -2.24. The molecule has 3 aromatic rings. The van der Waals surface area contributed by atoms with Crippen LogP contribution < -0.4 is 15.5 Å². The van der Waals surface area contributed by atoms with Crippen molar-refractivity contribution >= 4 is 40.3 Å². The number of halogens is 1. The number of rotatable bonds is 6. The van der Waals surface area contributed by atoms with Gasteiger partial charge in [0.05, 0.1) is 5.71 Å². The fraction of sp³-hybridized carbons (Fsp3) is 0.0909. The Kier molecular flexibility index (Phi) is 7.00. The largest absolute Gasteiger partial charge is 0.489 e. The number of hydrogen-bond acceptors (Lipinski definition) is 3. The molecule has 28 heavy (non-hydrogen) atoms. The minimum atomic E-state index is 0.438. The minimum Gasteiger partial charge on any atom is -0.489 e. The van der Waals surface area contributed by atoms with Crippen LogP contribution in [0.25, 0.3) is 0 Å². The van der Waals surface area contributed by atoms with Crippen LogP contribution in [0.4, 0.5) is 5.69 Å². The van der Waals surface area contributed by atoms with Gasteiger partial charge in [0.15, 0.2) is 5.11 Å². The first-order chi connectivity index (χ1) is 13.6. The SMILES string of the molecule is C/C(=N/NC(=S)Nc1ccccc1)c1ccc(OCc2ccc(Cl)cc2)cc1. The number of benzene rings is 3. The van der Waals surface area contributed by atoms with Crippen molar-refractivity contribution in [3.8, 4) is 5.75 Å². The molecule has 0 aliphatic carbocycles. The van der Waals surface area contributed by atoms with Gasteiger partial charge in [-0.3, -0.25) is 5.43 Å². The molecule has 0 heterocycles. The van der Waals surface area contributed by atoms with Gasteiger partial charge in [-0.05, 0) is 78.8 Å². The summed E-state index contributed by atoms with van der Waals surface area (Å²) in [6.45, 7) is 2.41. The van der Waals surface area contributed by atoms with Crippen LogP contribution >= 0.6 is 23.8 Å². The van der Waals surface area contributed by atoms with E-state index in [0.717, 1.165) is 33.3 Å². The standard InChI is InChI=1S/C22H20ClN3OS/c1-16(25-26-22(28)24-20-5-3-2-4-6-20)18-9-13-21(14-10-18)27-15-17-7-11-19(23)12-8-17/h2-14H,15H2,1H3,(H2,24,26,28)/b25-16-. The van der Waals surface area contributed by atoms with Crippen LogP contribution in [0.5, 0.6) is 5.75 Å². The smallest absolute Gasteiger partial charge is 0.191 e. The van der Waals surface area contributed by atoms with Crippen molar-refractivity contribution in [2.45, 2.75) is 13.5 Å². The van der Waals surface area contributed by atoms with Crippen LogP contribution in [0.3, 0.4) is 0 Å². The maximum atomic E-state index is 5.89. The summed E-state index contributed by atoms with van der Waals surface area (Å²) < 4.78 is 5.80. The molecule has 0 saturated heterocycles. The van der Waals surface area contributed by atoms with Gasteiger partial charge in [0.25, 0.3) is 0 Å². The lowest BCUT2D eigenvalue weighted by Gasteiger charge is -2.09. The molecule has 0 bridgehead atoms. The maximum absolute atomic E-state index is 5.89. The molecule has 0 fully saturated rings. The number of nitrogens with zero attached hydrogens (tertiary/aromatic N) is 1. The van der Waals surface area contributed by atoms with Crippen LogP contribution in [0, 0.1) is 0 Å². The molecule has 0 aliphatic heterocycles. The average molecular weight is 410 g/mol. The summed E-state index contributed by atoms with van der Waals surface area (Å²) >= 11 is 11.1. The third kappa shape index (κ3) is 6.08. The fourth-order valence-corrected chi connectivity index (χ4v) is 2.71. The van der Waals surface area contributed by atoms with E-state index < -0.39 is 0 Å². The molecule has 0 aliphatic rings. The zero-order valence-corrected chi connectivity index (χ0v) is 16.9. The summed E-state index contributed by atoms with van der Waals surface area (Å²) in [5.41, 5.74) is 6.64. The lowest BCUT2D eigenvalue weighted by atomic mass is 10.1. The predicted octanol–water partition coefficient (Wildman–Crippen LogP) is 5.63. The van der Waals surface area contributed by atoms with Gasteiger partial charge in [-0.1, -0.05) is 41.9 Å². The van der Waals surface area contributed by atoms with E-state index in [9.17, 15) is 0 Å². The second kappa shape index (κ2) is 9.88. The molecule has 6 heteroatoms. The third-order valence-electron chi connectivity index (χ3n) is 3.95. The van der Waals surface area contributed by atoms with Gasteiger partial charge < -0.3 is 10.1 Å². The van der Waals surface area contributed by atoms with Crippen LogP contribution in [0.1, 0.15) is 18.1 Å². The van der Waals surface area contributed by atoms with Crippen molar-refractivity contribution in [1.82, 2.24) is 5.43 Å². The Bertz CT molecular complexity index is 942. The quantitative estimate of drug-likeness (QED) is 0.314. The topological polar surface area (TPSA) is 45.7 Å². The number of ether oxygens (including phenoxy) is 1. The van der Waals surface area contributed by atoms with Crippen molar-refractivity contribution in [1.29, 1.82) is 0 Å². The summed E-state index contributed by atoms with van der Waals surface area (Å²) in [7, 11) is 0. The molecule has 0 aromatic heterocycles. The predicted molar refractivity (Wildman–Crippen MR) is 120 cm³/mol. The molecule has 2 N–H and O–H groups in total. The highest BCUT2D eigenvalue weighted by Gasteiger charge is 2.01. The molecule has 3 aromatic carbocycles. The highest BCUT2D eigenvalue weighted by Crippen LogP contribution is 2.16. The van der Waals surface area contributed by atoms with E-state index in [1.54, 1.807) is 0 Å². The van der Waals surface area contributed by atoms with E-state index in [1.807, 2.05) is 85.8 Å². The maximum Gasteiger partial charge on any atom is 0.191 e. The van der Waals surface area contributed by atoms with Gasteiger partial charge in [0.1, 0.15) is 12.4 Å². The van der Waals surface area contributed by atoms with Crippen molar-refractivity contribution in [2.24, 2.45) is 5.10 Å². The molecule has 0 radical (unpaired) electrons. The lowest BCUT2D eigenvalue weighted by molar-refractivity contribution is 0.306. The fourth-order valence-electron chi connectivity index (χ4n) is 2.42. The molecule has 142 valence electrons. The van der Waals surface area contributed by atoms with Gasteiger partial charge in [-0.2, -0.15) is 5.10 Å². The number of nitrogens with one attached hydrogen (secondary N) is 2. The Morgan fingerprint density at radius 3 is 2.32 bits per heavy atom. The van der Waals surface area contributed by atoms with Crippen molar-refractivity contribution < 1.29 is 4.74 Å². The Morgan fingerprint density at radius 1 is 0.964 bits per heavy atom. The van der Waals surface area contributed by atoms with Crippen molar-refractivity contribution in [3.63, 3.8) is 0 Å². The van der Waals surface area contributed by atoms with Crippen LogP contribution in [-0.2, 0) is 6.61 Å². The van der Waals surface area contributed by atoms with Gasteiger partial charge in [-0.15, -0.1) is 0 Å². The van der Waals surface area contributed by atoms with E-state index >= 15 is 0 Å². The molecule has 0 saturated carbocycles. The molecule has 0 atom stereocenters. The van der Waals surface area contributed by atoms with E-state index in [2.05, 4.69) is 15.8 Å². The van der Waals surface area contributed by atoms with E-state index in [0.29, 0.717) is 11.7 Å². The summed E-state index contributed by atoms with van der Waals surface area (Å²) in [5.74, 6) is 0.792. The third-order valence-corrected chi connectivity index (χ3v) is 4.39. The number of hydrogen-bond donors (Lipinski definition) is 2. The monoisotopic (exact) mass is 409 g/mol. The first-order valence-corrected chi connectivity index (χ1v) is 9.53. The first-order valence-electron chi connectivity index (χ1n) is 8.74. The number of hydrazone groups is 1. The van der Waals surface area contributed by atoms with Gasteiger partial charge in [0.2, 0.25) is 0 Å². The summed E-state index contributed by atoms with van der Waals surface area (Å²) in [6, 6.07) is 25.1. The van der Waals surface area contributed by atoms with E-state index in [4.69, 9.17) is 28.6 Å². The second-order valence-electron chi connectivity index (χ2n) is 6.07. The minimum absolute atomic E-state index is 0.438. The second-order valence-corrected chi connectivity index (χ2v) is 6.91. The van der Waals surface area contributed by atoms with Crippen LogP contribution in [-0.4, -0.2) is 10.8 Å². The first kappa shape index (κ1) is 19.9. The highest BCUT2D eigenvalue weighted by atomic mass is 35.5. The molecule has 0 spiro atoms. The van der Waals surface area contributed by atoms with E-state index in [-0.39, 0.29) is 0 Å². The zero-order valence-electron chi connectivity index (χ0n) is 15.4. The summed E-state index contributed by atoms with van der Waals surface area (Å²) in [4.78, 5) is 0. The van der Waals surface area contributed by atoms with Crippen molar-refractivity contribution in [3.05, 3.63) is 95.0 Å². The Balaban J connectivity index is 1.52. The zero-order chi connectivity index (χ0) is 19.8. The van der Waals surface area contributed by atoms with Gasteiger partial charge in [0, 0.05) is 10.7 Å². The molecule has 0 unspecified atom stereocenters. The number of thiocarbonyl (C=S) groups is 1. The average Bonchev–Trinajstić information content (AvgIpc) is 2.73. The van der Waals surface area contributed by atoms with Crippen LogP contribution in [0.2, 0.25) is 5.02 Å². The Labute approximate surface area is 175 Å². The Morgan fingerprint density at radius 2 is 1.64 bits per heavy atom. The van der Waals surface area contributed by atoms with E-state index in [1.165, 1.54) is 0 Å². The van der Waals surface area contributed by atoms with Gasteiger partial charge >= 0.3 is 0 Å². The Hall–Kier alpha value is -2.89. The molecule has 0 amide bonds. The summed E-state index contributed by atoms with van der Waals surface area (Å²) in [5, 5.41) is 8.57. The highest BCUT2D eigenvalue weighted by molar-refractivity contribution is 7.80. The molecular formula is C22H20ClN3OS. The molecule has 4 nitrogen and oxygen atoms in total. The number of para-hydroxylation sites is 1. The molecule has 3 rings (SSSR count). The van der Waals surface area contributed by atoms with Crippen LogP contribution in [0.15, 0.2) is 84.0 Å². The molecular weight excluding hydrogens is 390 g/mol. The number of anilines is 1. The normalized spacial score (nSPS) is 11.0. The van der Waals surface area contributed by atoms with Gasteiger partial charge in [-0.25, -0.2) is 0 Å². The van der Waals surface area contributed by atoms with Crippen molar-refractivity contribution in [2.75, 3.05) is 5.32 Å². The summed E-state index contributed by atoms with van der Waals surface area (Å²) in [6.07, 6.45) is 0.